The number of hydrogen-bond donors (Lipinski definition) is 3. The van der Waals surface area contributed by atoms with Gasteiger partial charge in [0, 0.05) is 19.8 Å². The lowest BCUT2D eigenvalue weighted by atomic mass is 10.2. The second-order valence-corrected chi connectivity index (χ2v) is 3.90. The number of rotatable bonds is 3. The summed E-state index contributed by atoms with van der Waals surface area (Å²) in [5.41, 5.74) is 0.929. The van der Waals surface area contributed by atoms with E-state index in [0.717, 1.165) is 5.69 Å². The number of carbonyl (C=O) groups excluding carboxylic acids is 2. The van der Waals surface area contributed by atoms with Gasteiger partial charge in [-0.1, -0.05) is 0 Å². The van der Waals surface area contributed by atoms with Crippen LogP contribution in [-0.2, 0) is 23.2 Å². The second kappa shape index (κ2) is 4.96. The molecule has 7 heteroatoms. The lowest BCUT2D eigenvalue weighted by Crippen LogP contribution is -2.57. The van der Waals surface area contributed by atoms with Gasteiger partial charge in [0.05, 0.1) is 18.8 Å². The smallest absolute Gasteiger partial charge is 0.239 e. The van der Waals surface area contributed by atoms with Crippen LogP contribution in [0.2, 0.25) is 0 Å². The summed E-state index contributed by atoms with van der Waals surface area (Å²) >= 11 is 0. The Bertz CT molecular complexity index is 418. The average molecular weight is 237 g/mol. The first-order valence-corrected chi connectivity index (χ1v) is 5.41. The first-order valence-electron chi connectivity index (χ1n) is 5.41. The lowest BCUT2D eigenvalue weighted by molar-refractivity contribution is -0.126. The zero-order valence-corrected chi connectivity index (χ0v) is 9.56. The molecule has 3 N–H and O–H groups in total. The van der Waals surface area contributed by atoms with Gasteiger partial charge in [0.25, 0.3) is 0 Å². The molecular weight excluding hydrogens is 222 g/mol. The Morgan fingerprint density at radius 2 is 2.53 bits per heavy atom. The molecule has 2 rings (SSSR count). The molecule has 17 heavy (non-hydrogen) atoms. The fourth-order valence-corrected chi connectivity index (χ4v) is 1.63. The highest BCUT2D eigenvalue weighted by Crippen LogP contribution is 1.96. The van der Waals surface area contributed by atoms with E-state index >= 15 is 0 Å². The molecule has 0 spiro atoms. The summed E-state index contributed by atoms with van der Waals surface area (Å²) < 4.78 is 1.70. The molecule has 1 fully saturated rings. The van der Waals surface area contributed by atoms with E-state index in [1.165, 1.54) is 0 Å². The molecule has 1 unspecified atom stereocenters. The van der Waals surface area contributed by atoms with Gasteiger partial charge in [0.1, 0.15) is 6.04 Å². The van der Waals surface area contributed by atoms with E-state index in [1.54, 1.807) is 10.9 Å². The van der Waals surface area contributed by atoms with Gasteiger partial charge < -0.3 is 10.6 Å². The number of aryl methyl sites for hydroxylation is 1. The van der Waals surface area contributed by atoms with Gasteiger partial charge in [0.2, 0.25) is 11.8 Å². The van der Waals surface area contributed by atoms with Crippen molar-refractivity contribution >= 4 is 11.8 Å². The number of nitrogens with one attached hydrogen (secondary N) is 3. The standard InChI is InChI=1S/C10H15N5O2/c1-15-7(2-3-14-15)4-13-10(17)8-5-12-9(16)6-11-8/h2-3,8,11H,4-6H2,1H3,(H,12,16)(H,13,17). The minimum Gasteiger partial charge on any atom is -0.353 e. The van der Waals surface area contributed by atoms with Crippen molar-refractivity contribution < 1.29 is 9.59 Å². The predicted molar refractivity (Wildman–Crippen MR) is 59.9 cm³/mol. The Morgan fingerprint density at radius 3 is 3.12 bits per heavy atom. The van der Waals surface area contributed by atoms with Crippen LogP contribution < -0.4 is 16.0 Å². The van der Waals surface area contributed by atoms with Crippen molar-refractivity contribution in [1.29, 1.82) is 0 Å². The number of piperazine rings is 1. The Kier molecular flexibility index (Phi) is 3.38. The Morgan fingerprint density at radius 1 is 1.71 bits per heavy atom. The summed E-state index contributed by atoms with van der Waals surface area (Å²) in [6.45, 7) is 0.946. The van der Waals surface area contributed by atoms with Crippen molar-refractivity contribution in [3.05, 3.63) is 18.0 Å². The molecule has 0 radical (unpaired) electrons. The average Bonchev–Trinajstić information content (AvgIpc) is 2.73. The maximum atomic E-state index is 11.8. The minimum absolute atomic E-state index is 0.0827. The van der Waals surface area contributed by atoms with E-state index in [2.05, 4.69) is 21.0 Å². The van der Waals surface area contributed by atoms with Gasteiger partial charge in [-0.05, 0) is 6.07 Å². The van der Waals surface area contributed by atoms with Crippen molar-refractivity contribution in [2.75, 3.05) is 13.1 Å². The van der Waals surface area contributed by atoms with E-state index < -0.39 is 0 Å². The molecule has 1 aromatic heterocycles. The van der Waals surface area contributed by atoms with Gasteiger partial charge >= 0.3 is 0 Å². The molecule has 2 amide bonds. The predicted octanol–water partition coefficient (Wildman–Crippen LogP) is -1.88. The summed E-state index contributed by atoms with van der Waals surface area (Å²) in [5.74, 6) is -0.202. The normalized spacial score (nSPS) is 19.8. The third-order valence-corrected chi connectivity index (χ3v) is 2.70. The van der Waals surface area contributed by atoms with Crippen molar-refractivity contribution in [3.63, 3.8) is 0 Å². The molecule has 0 bridgehead atoms. The molecule has 92 valence electrons. The van der Waals surface area contributed by atoms with E-state index in [1.807, 2.05) is 13.1 Å². The van der Waals surface area contributed by atoms with Crippen LogP contribution in [0.25, 0.3) is 0 Å². The SMILES string of the molecule is Cn1nccc1CNC(=O)C1CNC(=O)CN1. The number of hydrogen-bond acceptors (Lipinski definition) is 4. The van der Waals surface area contributed by atoms with E-state index in [0.29, 0.717) is 13.1 Å². The van der Waals surface area contributed by atoms with Gasteiger partial charge in [-0.25, -0.2) is 0 Å². The zero-order chi connectivity index (χ0) is 12.3. The summed E-state index contributed by atoms with van der Waals surface area (Å²) in [6, 6.07) is 1.48. The van der Waals surface area contributed by atoms with Crippen LogP contribution in [0.5, 0.6) is 0 Å². The second-order valence-electron chi connectivity index (χ2n) is 3.90. The lowest BCUT2D eigenvalue weighted by Gasteiger charge is -2.23. The summed E-state index contributed by atoms with van der Waals surface area (Å²) in [6.07, 6.45) is 1.68. The first kappa shape index (κ1) is 11.6. The maximum absolute atomic E-state index is 11.8. The van der Waals surface area contributed by atoms with Crippen LogP contribution in [0, 0.1) is 0 Å². The van der Waals surface area contributed by atoms with Crippen molar-refractivity contribution in [1.82, 2.24) is 25.7 Å². The minimum atomic E-state index is -0.360. The van der Waals surface area contributed by atoms with Crippen LogP contribution >= 0.6 is 0 Å². The first-order chi connectivity index (χ1) is 8.16. The molecule has 1 atom stereocenters. The van der Waals surface area contributed by atoms with E-state index in [-0.39, 0.29) is 24.4 Å². The van der Waals surface area contributed by atoms with Crippen LogP contribution in [0.1, 0.15) is 5.69 Å². The highest BCUT2D eigenvalue weighted by atomic mass is 16.2. The number of amides is 2. The summed E-state index contributed by atoms with van der Waals surface area (Å²) in [4.78, 5) is 22.7. The number of carbonyl (C=O) groups is 2. The number of nitrogens with zero attached hydrogens (tertiary/aromatic N) is 2. The van der Waals surface area contributed by atoms with E-state index in [4.69, 9.17) is 0 Å². The van der Waals surface area contributed by atoms with Gasteiger partial charge in [-0.3, -0.25) is 19.6 Å². The molecule has 0 saturated carbocycles. The largest absolute Gasteiger partial charge is 0.353 e. The van der Waals surface area contributed by atoms with Crippen molar-refractivity contribution in [2.24, 2.45) is 7.05 Å². The third kappa shape index (κ3) is 2.82. The Hall–Kier alpha value is -1.89. The fraction of sp³-hybridized carbons (Fsp3) is 0.500. The molecule has 1 aliphatic rings. The van der Waals surface area contributed by atoms with Gasteiger partial charge in [0.15, 0.2) is 0 Å². The summed E-state index contributed by atoms with van der Waals surface area (Å²) in [5, 5.41) is 12.3. The number of aromatic nitrogens is 2. The molecule has 1 aliphatic heterocycles. The molecule has 2 heterocycles. The zero-order valence-electron chi connectivity index (χ0n) is 9.56. The monoisotopic (exact) mass is 237 g/mol. The van der Waals surface area contributed by atoms with Crippen LogP contribution in [0.15, 0.2) is 12.3 Å². The van der Waals surface area contributed by atoms with Gasteiger partial charge in [-0.2, -0.15) is 5.10 Å². The third-order valence-electron chi connectivity index (χ3n) is 2.70. The van der Waals surface area contributed by atoms with Gasteiger partial charge in [-0.15, -0.1) is 0 Å². The maximum Gasteiger partial charge on any atom is 0.239 e. The Balaban J connectivity index is 1.81. The topological polar surface area (TPSA) is 88.1 Å². The van der Waals surface area contributed by atoms with Crippen LogP contribution in [0.4, 0.5) is 0 Å². The fourth-order valence-electron chi connectivity index (χ4n) is 1.63. The quantitative estimate of drug-likeness (QED) is 0.574. The van der Waals surface area contributed by atoms with E-state index in [9.17, 15) is 9.59 Å². The van der Waals surface area contributed by atoms with Crippen molar-refractivity contribution in [2.45, 2.75) is 12.6 Å². The molecule has 0 aliphatic carbocycles. The highest BCUT2D eigenvalue weighted by Gasteiger charge is 2.23. The summed E-state index contributed by atoms with van der Waals surface area (Å²) in [7, 11) is 1.82. The molecule has 1 saturated heterocycles. The molecular formula is C10H15N5O2. The van der Waals surface area contributed by atoms with Crippen molar-refractivity contribution in [3.8, 4) is 0 Å². The molecule has 0 aromatic carbocycles. The van der Waals surface area contributed by atoms with Crippen LogP contribution in [-0.4, -0.2) is 40.7 Å². The Labute approximate surface area is 98.6 Å². The highest BCUT2D eigenvalue weighted by molar-refractivity contribution is 5.86. The molecule has 7 nitrogen and oxygen atoms in total. The van der Waals surface area contributed by atoms with Crippen LogP contribution in [0.3, 0.4) is 0 Å². The molecule has 1 aromatic rings.